The van der Waals surface area contributed by atoms with Crippen LogP contribution in [-0.4, -0.2) is 66.2 Å². The van der Waals surface area contributed by atoms with Crippen molar-refractivity contribution in [3.63, 3.8) is 0 Å². The summed E-state index contributed by atoms with van der Waals surface area (Å²) in [6.07, 6.45) is -1.57. The second kappa shape index (κ2) is 7.21. The lowest BCUT2D eigenvalue weighted by molar-refractivity contribution is -0.373. The highest BCUT2D eigenvalue weighted by atomic mass is 16.9. The molecule has 4 aliphatic rings. The molecule has 1 unspecified atom stereocenters. The van der Waals surface area contributed by atoms with Crippen molar-refractivity contribution in [2.24, 2.45) is 0 Å². The van der Waals surface area contributed by atoms with Crippen molar-refractivity contribution >= 4 is 0 Å². The second-order valence-corrected chi connectivity index (χ2v) is 9.51. The quantitative estimate of drug-likeness (QED) is 0.798. The Morgan fingerprint density at radius 3 is 2.57 bits per heavy atom. The van der Waals surface area contributed by atoms with E-state index in [1.54, 1.807) is 0 Å². The predicted molar refractivity (Wildman–Crippen MR) is 107 cm³/mol. The van der Waals surface area contributed by atoms with Gasteiger partial charge >= 0.3 is 0 Å². The van der Waals surface area contributed by atoms with Gasteiger partial charge in [0.1, 0.15) is 18.3 Å². The van der Waals surface area contributed by atoms with Gasteiger partial charge < -0.3 is 23.7 Å². The summed E-state index contributed by atoms with van der Waals surface area (Å²) in [7, 11) is 0. The Bertz CT molecular complexity index is 774. The van der Waals surface area contributed by atoms with E-state index in [0.29, 0.717) is 13.2 Å². The number of hydrogen-bond acceptors (Lipinski definition) is 8. The van der Waals surface area contributed by atoms with Crippen molar-refractivity contribution < 1.29 is 28.5 Å². The Labute approximate surface area is 177 Å². The fraction of sp³-hybridized carbons (Fsp3) is 0.727. The van der Waals surface area contributed by atoms with E-state index in [2.05, 4.69) is 24.4 Å². The third-order valence-electron chi connectivity index (χ3n) is 6.11. The minimum absolute atomic E-state index is 0.189. The normalized spacial score (nSPS) is 42.6. The zero-order valence-electron chi connectivity index (χ0n) is 18.3. The van der Waals surface area contributed by atoms with Crippen molar-refractivity contribution in [1.29, 1.82) is 0 Å². The number of benzene rings is 1. The molecule has 1 aromatic rings. The first-order chi connectivity index (χ1) is 14.2. The van der Waals surface area contributed by atoms with Crippen LogP contribution in [0.25, 0.3) is 0 Å². The maximum Gasteiger partial charge on any atom is 0.243 e. The second-order valence-electron chi connectivity index (χ2n) is 9.51. The Morgan fingerprint density at radius 1 is 1.03 bits per heavy atom. The number of hydrogen-bond donors (Lipinski definition) is 1. The van der Waals surface area contributed by atoms with Gasteiger partial charge in [-0.05, 0) is 40.2 Å². The van der Waals surface area contributed by atoms with E-state index in [1.807, 2.05) is 51.0 Å². The number of ether oxygens (including phenoxy) is 5. The van der Waals surface area contributed by atoms with Crippen LogP contribution in [0.5, 0.6) is 0 Å². The molecule has 0 saturated carbocycles. The van der Waals surface area contributed by atoms with E-state index in [-0.39, 0.29) is 18.2 Å². The SMILES string of the molecule is C[C@@H]1CNC([C@@]23O[C@H]4COC(C)(C)O[C@H]4[C@@H]2OC(C)(C)O3)ON1Cc1ccccc1. The maximum absolute atomic E-state index is 6.47. The van der Waals surface area contributed by atoms with Gasteiger partial charge in [-0.2, -0.15) is 5.06 Å². The van der Waals surface area contributed by atoms with Gasteiger partial charge in [0, 0.05) is 19.1 Å². The zero-order valence-corrected chi connectivity index (χ0v) is 18.3. The molecule has 0 bridgehead atoms. The molecule has 8 heteroatoms. The molecule has 4 fully saturated rings. The molecule has 5 rings (SSSR count). The third kappa shape index (κ3) is 3.59. The van der Waals surface area contributed by atoms with Gasteiger partial charge in [-0.1, -0.05) is 30.3 Å². The Balaban J connectivity index is 1.41. The third-order valence-corrected chi connectivity index (χ3v) is 6.11. The summed E-state index contributed by atoms with van der Waals surface area (Å²) in [5.74, 6) is -2.65. The van der Waals surface area contributed by atoms with E-state index in [1.165, 1.54) is 5.56 Å². The molecule has 0 aliphatic carbocycles. The molecule has 4 saturated heterocycles. The van der Waals surface area contributed by atoms with E-state index in [9.17, 15) is 0 Å². The largest absolute Gasteiger partial charge is 0.348 e. The maximum atomic E-state index is 6.47. The average molecular weight is 421 g/mol. The summed E-state index contributed by atoms with van der Waals surface area (Å²) in [5, 5.41) is 5.46. The standard InChI is InChI=1S/C22H32N2O6/c1-14-11-23-19(29-24(14)12-15-9-7-6-8-10-15)22-18(28-21(4,5)30-22)17-16(26-22)13-25-20(2,3)27-17/h6-10,14,16-19,23H,11-13H2,1-5H3/t14-,16+,17-,18+,19?,22-/m1/s1. The topological polar surface area (TPSA) is 70.7 Å². The van der Waals surface area contributed by atoms with E-state index < -0.39 is 29.7 Å². The Morgan fingerprint density at radius 2 is 1.80 bits per heavy atom. The molecule has 166 valence electrons. The van der Waals surface area contributed by atoms with E-state index in [4.69, 9.17) is 28.5 Å². The first kappa shape index (κ1) is 20.8. The summed E-state index contributed by atoms with van der Waals surface area (Å²) in [6, 6.07) is 10.5. The van der Waals surface area contributed by atoms with Crippen LogP contribution in [0.4, 0.5) is 0 Å². The molecule has 0 spiro atoms. The highest BCUT2D eigenvalue weighted by Gasteiger charge is 2.71. The molecule has 6 atom stereocenters. The molecule has 4 aliphatic heterocycles. The Hall–Kier alpha value is -1.10. The number of hydroxylamine groups is 2. The predicted octanol–water partition coefficient (Wildman–Crippen LogP) is 2.14. The summed E-state index contributed by atoms with van der Waals surface area (Å²) >= 11 is 0. The van der Waals surface area contributed by atoms with Crippen LogP contribution in [-0.2, 0) is 35.1 Å². The van der Waals surface area contributed by atoms with Crippen LogP contribution in [0.3, 0.4) is 0 Å². The van der Waals surface area contributed by atoms with Crippen molar-refractivity contribution in [2.45, 2.75) is 89.1 Å². The number of fused-ring (bicyclic) bond motifs is 3. The van der Waals surface area contributed by atoms with Crippen LogP contribution in [0.1, 0.15) is 40.2 Å². The molecule has 1 aromatic carbocycles. The smallest absolute Gasteiger partial charge is 0.243 e. The van der Waals surface area contributed by atoms with Crippen LogP contribution < -0.4 is 5.32 Å². The molecular weight excluding hydrogens is 388 g/mol. The number of nitrogens with zero attached hydrogens (tertiary/aromatic N) is 1. The molecule has 0 radical (unpaired) electrons. The molecule has 0 amide bonds. The van der Waals surface area contributed by atoms with Gasteiger partial charge in [0.15, 0.2) is 17.8 Å². The minimum Gasteiger partial charge on any atom is -0.348 e. The van der Waals surface area contributed by atoms with Crippen LogP contribution in [0, 0.1) is 0 Å². The summed E-state index contributed by atoms with van der Waals surface area (Å²) in [6.45, 7) is 11.5. The van der Waals surface area contributed by atoms with Crippen molar-refractivity contribution in [1.82, 2.24) is 10.4 Å². The van der Waals surface area contributed by atoms with Gasteiger partial charge in [0.25, 0.3) is 0 Å². The number of nitrogens with one attached hydrogen (secondary N) is 1. The van der Waals surface area contributed by atoms with Gasteiger partial charge in [-0.3, -0.25) is 10.2 Å². The fourth-order valence-corrected chi connectivity index (χ4v) is 4.74. The average Bonchev–Trinajstić information content (AvgIpc) is 3.12. The van der Waals surface area contributed by atoms with Gasteiger partial charge in [-0.25, -0.2) is 0 Å². The molecule has 0 aromatic heterocycles. The van der Waals surface area contributed by atoms with Crippen LogP contribution >= 0.6 is 0 Å². The highest BCUT2D eigenvalue weighted by molar-refractivity contribution is 5.14. The van der Waals surface area contributed by atoms with E-state index >= 15 is 0 Å². The molecule has 30 heavy (non-hydrogen) atoms. The molecular formula is C22H32N2O6. The lowest BCUT2D eigenvalue weighted by Gasteiger charge is -2.44. The summed E-state index contributed by atoms with van der Waals surface area (Å²) < 4.78 is 31.2. The van der Waals surface area contributed by atoms with Crippen LogP contribution in [0.15, 0.2) is 30.3 Å². The highest BCUT2D eigenvalue weighted by Crippen LogP contribution is 2.51. The first-order valence-electron chi connectivity index (χ1n) is 10.8. The number of rotatable bonds is 3. The lowest BCUT2D eigenvalue weighted by Crippen LogP contribution is -2.65. The van der Waals surface area contributed by atoms with Crippen LogP contribution in [0.2, 0.25) is 0 Å². The Kier molecular flexibility index (Phi) is 5.00. The summed E-state index contributed by atoms with van der Waals surface area (Å²) in [4.78, 5) is 6.44. The van der Waals surface area contributed by atoms with Crippen molar-refractivity contribution in [3.8, 4) is 0 Å². The molecule has 1 N–H and O–H groups in total. The molecule has 4 heterocycles. The molecule has 8 nitrogen and oxygen atoms in total. The van der Waals surface area contributed by atoms with Gasteiger partial charge in [-0.15, -0.1) is 0 Å². The lowest BCUT2D eigenvalue weighted by atomic mass is 10.0. The minimum atomic E-state index is -1.13. The zero-order chi connectivity index (χ0) is 21.1. The van der Waals surface area contributed by atoms with Crippen molar-refractivity contribution in [3.05, 3.63) is 35.9 Å². The van der Waals surface area contributed by atoms with Gasteiger partial charge in [0.05, 0.1) is 6.61 Å². The summed E-state index contributed by atoms with van der Waals surface area (Å²) in [5.41, 5.74) is 1.18. The van der Waals surface area contributed by atoms with E-state index in [0.717, 1.165) is 6.54 Å². The van der Waals surface area contributed by atoms with Gasteiger partial charge in [0.2, 0.25) is 5.79 Å². The fourth-order valence-electron chi connectivity index (χ4n) is 4.74. The first-order valence-corrected chi connectivity index (χ1v) is 10.8. The monoisotopic (exact) mass is 420 g/mol. The van der Waals surface area contributed by atoms with Crippen molar-refractivity contribution in [2.75, 3.05) is 13.2 Å².